The van der Waals surface area contributed by atoms with E-state index in [1.54, 1.807) is 36.4 Å². The summed E-state index contributed by atoms with van der Waals surface area (Å²) in [5.41, 5.74) is 1.71. The average Bonchev–Trinajstić information content (AvgIpc) is 2.60. The third-order valence-electron chi connectivity index (χ3n) is 3.62. The van der Waals surface area contributed by atoms with E-state index in [0.717, 1.165) is 11.1 Å². The quantitative estimate of drug-likeness (QED) is 0.698. The number of methoxy groups -OCH3 is 2. The predicted molar refractivity (Wildman–Crippen MR) is 97.2 cm³/mol. The first-order chi connectivity index (χ1) is 12.0. The standard InChI is InChI=1S/C20H22O5/c1-5-7-13-9-15(23-3)19(21)17(11-13)25-18-12-14(8-6-2)10-16(24-4)20(18)22/h5-6,9-12,21-22H,1-2,7-8H2,3-4H3. The van der Waals surface area contributed by atoms with Crippen LogP contribution in [0.1, 0.15) is 11.1 Å². The van der Waals surface area contributed by atoms with Gasteiger partial charge in [0, 0.05) is 0 Å². The Morgan fingerprint density at radius 2 is 1.12 bits per heavy atom. The van der Waals surface area contributed by atoms with E-state index >= 15 is 0 Å². The second-order valence-electron chi connectivity index (χ2n) is 5.38. The Bertz CT molecular complexity index is 715. The van der Waals surface area contributed by atoms with Crippen LogP contribution < -0.4 is 14.2 Å². The molecule has 0 bridgehead atoms. The molecule has 2 rings (SSSR count). The van der Waals surface area contributed by atoms with Gasteiger partial charge in [-0.25, -0.2) is 0 Å². The summed E-state index contributed by atoms with van der Waals surface area (Å²) in [6.45, 7) is 7.41. The molecule has 0 fully saturated rings. The summed E-state index contributed by atoms with van der Waals surface area (Å²) in [5.74, 6) is 0.602. The van der Waals surface area contributed by atoms with E-state index in [0.29, 0.717) is 12.8 Å². The van der Waals surface area contributed by atoms with Crippen molar-refractivity contribution in [1.29, 1.82) is 0 Å². The Balaban J connectivity index is 2.51. The van der Waals surface area contributed by atoms with Crippen LogP contribution in [0.5, 0.6) is 34.5 Å². The smallest absolute Gasteiger partial charge is 0.201 e. The van der Waals surface area contributed by atoms with E-state index in [4.69, 9.17) is 14.2 Å². The molecule has 0 aliphatic rings. The highest BCUT2D eigenvalue weighted by molar-refractivity contribution is 5.58. The van der Waals surface area contributed by atoms with Crippen LogP contribution in [0.2, 0.25) is 0 Å². The number of allylic oxidation sites excluding steroid dienone is 2. The van der Waals surface area contributed by atoms with Gasteiger partial charge in [-0.1, -0.05) is 12.2 Å². The van der Waals surface area contributed by atoms with Crippen molar-refractivity contribution in [3.63, 3.8) is 0 Å². The van der Waals surface area contributed by atoms with Gasteiger partial charge in [0.05, 0.1) is 14.2 Å². The molecule has 132 valence electrons. The monoisotopic (exact) mass is 342 g/mol. The zero-order chi connectivity index (χ0) is 18.4. The van der Waals surface area contributed by atoms with E-state index in [9.17, 15) is 10.2 Å². The van der Waals surface area contributed by atoms with Crippen LogP contribution in [-0.4, -0.2) is 24.4 Å². The first-order valence-corrected chi connectivity index (χ1v) is 7.73. The van der Waals surface area contributed by atoms with Crippen molar-refractivity contribution in [3.8, 4) is 34.5 Å². The van der Waals surface area contributed by atoms with Gasteiger partial charge in [0.15, 0.2) is 23.0 Å². The highest BCUT2D eigenvalue weighted by Gasteiger charge is 2.17. The van der Waals surface area contributed by atoms with Crippen molar-refractivity contribution in [3.05, 3.63) is 60.7 Å². The number of aromatic hydroxyl groups is 2. The van der Waals surface area contributed by atoms with Crippen molar-refractivity contribution in [2.75, 3.05) is 14.2 Å². The molecule has 2 aromatic rings. The lowest BCUT2D eigenvalue weighted by Crippen LogP contribution is -1.95. The summed E-state index contributed by atoms with van der Waals surface area (Å²) < 4.78 is 16.1. The van der Waals surface area contributed by atoms with Crippen LogP contribution in [0.25, 0.3) is 0 Å². The fourth-order valence-electron chi connectivity index (χ4n) is 2.43. The fraction of sp³-hybridized carbons (Fsp3) is 0.200. The summed E-state index contributed by atoms with van der Waals surface area (Å²) in [6, 6.07) is 6.76. The minimum Gasteiger partial charge on any atom is -0.502 e. The number of phenols is 2. The van der Waals surface area contributed by atoms with Crippen LogP contribution in [0.15, 0.2) is 49.6 Å². The molecule has 0 aromatic heterocycles. The summed E-state index contributed by atoms with van der Waals surface area (Å²) in [6.07, 6.45) is 4.64. The summed E-state index contributed by atoms with van der Waals surface area (Å²) in [7, 11) is 2.92. The van der Waals surface area contributed by atoms with E-state index in [2.05, 4.69) is 13.2 Å². The second-order valence-corrected chi connectivity index (χ2v) is 5.38. The van der Waals surface area contributed by atoms with Gasteiger partial charge in [-0.3, -0.25) is 0 Å². The van der Waals surface area contributed by atoms with Gasteiger partial charge < -0.3 is 24.4 Å². The average molecular weight is 342 g/mol. The number of rotatable bonds is 8. The van der Waals surface area contributed by atoms with Crippen molar-refractivity contribution in [2.24, 2.45) is 0 Å². The van der Waals surface area contributed by atoms with Crippen LogP contribution in [0.4, 0.5) is 0 Å². The fourth-order valence-corrected chi connectivity index (χ4v) is 2.43. The number of benzene rings is 2. The molecule has 5 heteroatoms. The van der Waals surface area contributed by atoms with Crippen LogP contribution in [0, 0.1) is 0 Å². The second kappa shape index (κ2) is 8.15. The van der Waals surface area contributed by atoms with Crippen molar-refractivity contribution < 1.29 is 24.4 Å². The summed E-state index contributed by atoms with van der Waals surface area (Å²) in [4.78, 5) is 0. The third kappa shape index (κ3) is 4.07. The van der Waals surface area contributed by atoms with Gasteiger partial charge in [0.2, 0.25) is 11.5 Å². The van der Waals surface area contributed by atoms with Gasteiger partial charge in [-0.05, 0) is 48.2 Å². The molecule has 0 aliphatic carbocycles. The molecule has 2 aromatic carbocycles. The maximum atomic E-state index is 10.3. The molecule has 0 amide bonds. The van der Waals surface area contributed by atoms with Gasteiger partial charge in [-0.15, -0.1) is 13.2 Å². The van der Waals surface area contributed by atoms with Gasteiger partial charge in [-0.2, -0.15) is 0 Å². The molecule has 0 spiro atoms. The molecule has 0 saturated heterocycles. The Morgan fingerprint density at radius 3 is 1.44 bits per heavy atom. The Morgan fingerprint density at radius 1 is 0.760 bits per heavy atom. The number of hydrogen-bond acceptors (Lipinski definition) is 5. The van der Waals surface area contributed by atoms with Crippen LogP contribution in [-0.2, 0) is 12.8 Å². The molecule has 0 atom stereocenters. The molecule has 0 aliphatic heterocycles. The lowest BCUT2D eigenvalue weighted by atomic mass is 10.1. The van der Waals surface area contributed by atoms with Gasteiger partial charge >= 0.3 is 0 Å². The lowest BCUT2D eigenvalue weighted by molar-refractivity contribution is 0.337. The molecule has 5 nitrogen and oxygen atoms in total. The molecular formula is C20H22O5. The van der Waals surface area contributed by atoms with E-state index in [-0.39, 0.29) is 34.5 Å². The summed E-state index contributed by atoms with van der Waals surface area (Å²) in [5, 5.41) is 20.7. The third-order valence-corrected chi connectivity index (χ3v) is 3.62. The first-order valence-electron chi connectivity index (χ1n) is 7.73. The van der Waals surface area contributed by atoms with Gasteiger partial charge in [0.1, 0.15) is 0 Å². The zero-order valence-electron chi connectivity index (χ0n) is 14.4. The van der Waals surface area contributed by atoms with E-state index in [1.165, 1.54) is 14.2 Å². The molecule has 0 heterocycles. The van der Waals surface area contributed by atoms with Crippen LogP contribution >= 0.6 is 0 Å². The Kier molecular flexibility index (Phi) is 5.95. The highest BCUT2D eigenvalue weighted by atomic mass is 16.5. The molecule has 0 radical (unpaired) electrons. The zero-order valence-corrected chi connectivity index (χ0v) is 14.4. The Hall–Kier alpha value is -3.08. The van der Waals surface area contributed by atoms with E-state index in [1.807, 2.05) is 0 Å². The number of hydrogen-bond donors (Lipinski definition) is 2. The van der Waals surface area contributed by atoms with Crippen molar-refractivity contribution >= 4 is 0 Å². The normalized spacial score (nSPS) is 10.2. The van der Waals surface area contributed by atoms with Crippen molar-refractivity contribution in [2.45, 2.75) is 12.8 Å². The SMILES string of the molecule is C=CCc1cc(OC)c(O)c(Oc2cc(CC=C)cc(OC)c2O)c1. The maximum Gasteiger partial charge on any atom is 0.201 e. The van der Waals surface area contributed by atoms with Gasteiger partial charge in [0.25, 0.3) is 0 Å². The molecule has 25 heavy (non-hydrogen) atoms. The first kappa shape index (κ1) is 18.3. The largest absolute Gasteiger partial charge is 0.502 e. The predicted octanol–water partition coefficient (Wildman–Crippen LogP) is 4.36. The molecule has 2 N–H and O–H groups in total. The molecule has 0 unspecified atom stereocenters. The minimum absolute atomic E-state index is 0.150. The summed E-state index contributed by atoms with van der Waals surface area (Å²) >= 11 is 0. The molecular weight excluding hydrogens is 320 g/mol. The number of ether oxygens (including phenoxy) is 3. The molecule has 0 saturated carbocycles. The minimum atomic E-state index is -0.150. The van der Waals surface area contributed by atoms with Crippen molar-refractivity contribution in [1.82, 2.24) is 0 Å². The lowest BCUT2D eigenvalue weighted by Gasteiger charge is -2.15. The van der Waals surface area contributed by atoms with Crippen LogP contribution in [0.3, 0.4) is 0 Å². The maximum absolute atomic E-state index is 10.3. The van der Waals surface area contributed by atoms with E-state index < -0.39 is 0 Å². The Labute approximate surface area is 147 Å². The highest BCUT2D eigenvalue weighted by Crippen LogP contribution is 2.44. The number of phenolic OH excluding ortho intramolecular Hbond substituents is 2. The topological polar surface area (TPSA) is 68.2 Å².